The monoisotopic (exact) mass is 206 g/mol. The fraction of sp³-hybridized carbons (Fsp3) is 0.250. The second-order valence-corrected chi connectivity index (χ2v) is 3.38. The Morgan fingerprint density at radius 1 is 1.47 bits per heavy atom. The molecule has 0 aliphatic carbocycles. The number of carbonyl (C=O) groups is 1. The van der Waals surface area contributed by atoms with Crippen LogP contribution in [0.2, 0.25) is 0 Å². The number of ether oxygens (including phenoxy) is 1. The molecule has 1 aromatic carbocycles. The van der Waals surface area contributed by atoms with Crippen molar-refractivity contribution in [2.45, 2.75) is 13.0 Å². The Labute approximate surface area is 89.0 Å². The fourth-order valence-corrected chi connectivity index (χ4v) is 1.04. The number of rotatable bonds is 4. The van der Waals surface area contributed by atoms with Gasteiger partial charge in [0.15, 0.2) is 6.10 Å². The molecule has 3 heteroatoms. The molecule has 15 heavy (non-hydrogen) atoms. The molecule has 1 rings (SSSR count). The van der Waals surface area contributed by atoms with Crippen molar-refractivity contribution < 1.29 is 14.6 Å². The van der Waals surface area contributed by atoms with E-state index in [1.807, 2.05) is 6.07 Å². The van der Waals surface area contributed by atoms with Crippen molar-refractivity contribution >= 4 is 5.97 Å². The molecule has 0 amide bonds. The summed E-state index contributed by atoms with van der Waals surface area (Å²) in [5, 5.41) is 9.60. The van der Waals surface area contributed by atoms with Gasteiger partial charge < -0.3 is 9.84 Å². The summed E-state index contributed by atoms with van der Waals surface area (Å²) in [5.74, 6) is -0.649. The number of aliphatic hydroxyl groups excluding tert-OH is 1. The first-order chi connectivity index (χ1) is 7.11. The zero-order valence-corrected chi connectivity index (χ0v) is 8.64. The topological polar surface area (TPSA) is 46.5 Å². The van der Waals surface area contributed by atoms with Crippen LogP contribution in [0.4, 0.5) is 0 Å². The van der Waals surface area contributed by atoms with E-state index in [1.54, 1.807) is 31.2 Å². The number of esters is 1. The summed E-state index contributed by atoms with van der Waals surface area (Å²) in [4.78, 5) is 11.3. The van der Waals surface area contributed by atoms with Crippen molar-refractivity contribution in [2.24, 2.45) is 0 Å². The van der Waals surface area contributed by atoms with Crippen molar-refractivity contribution in [2.75, 3.05) is 6.61 Å². The lowest BCUT2D eigenvalue weighted by Crippen LogP contribution is -2.16. The highest BCUT2D eigenvalue weighted by Crippen LogP contribution is 2.13. The average Bonchev–Trinajstić information content (AvgIpc) is 2.26. The molecule has 1 atom stereocenters. The van der Waals surface area contributed by atoms with Gasteiger partial charge in [0.05, 0.1) is 0 Å². The Hall–Kier alpha value is -1.61. The zero-order valence-electron chi connectivity index (χ0n) is 8.64. The first kappa shape index (κ1) is 11.5. The average molecular weight is 206 g/mol. The van der Waals surface area contributed by atoms with E-state index in [0.717, 1.165) is 5.57 Å². The van der Waals surface area contributed by atoms with E-state index >= 15 is 0 Å². The Morgan fingerprint density at radius 2 is 2.07 bits per heavy atom. The summed E-state index contributed by atoms with van der Waals surface area (Å²) in [5.41, 5.74) is 1.27. The molecule has 0 saturated carbocycles. The summed E-state index contributed by atoms with van der Waals surface area (Å²) < 4.78 is 4.83. The van der Waals surface area contributed by atoms with Crippen LogP contribution in [0.1, 0.15) is 18.6 Å². The highest BCUT2D eigenvalue weighted by molar-refractivity contribution is 5.76. The molecule has 0 radical (unpaired) electrons. The fourth-order valence-electron chi connectivity index (χ4n) is 1.04. The van der Waals surface area contributed by atoms with E-state index in [4.69, 9.17) is 4.74 Å². The van der Waals surface area contributed by atoms with Gasteiger partial charge in [-0.05, 0) is 18.1 Å². The van der Waals surface area contributed by atoms with E-state index in [-0.39, 0.29) is 6.61 Å². The molecule has 1 aromatic rings. The van der Waals surface area contributed by atoms with Crippen molar-refractivity contribution in [3.8, 4) is 0 Å². The lowest BCUT2D eigenvalue weighted by molar-refractivity contribution is -0.152. The zero-order chi connectivity index (χ0) is 11.3. The van der Waals surface area contributed by atoms with Gasteiger partial charge in [0.25, 0.3) is 0 Å². The van der Waals surface area contributed by atoms with Gasteiger partial charge in [0, 0.05) is 0 Å². The Morgan fingerprint density at radius 3 is 2.60 bits per heavy atom. The highest BCUT2D eigenvalue weighted by Gasteiger charge is 2.18. The summed E-state index contributed by atoms with van der Waals surface area (Å²) >= 11 is 0. The van der Waals surface area contributed by atoms with Crippen molar-refractivity contribution in [3.63, 3.8) is 0 Å². The Kier molecular flexibility index (Phi) is 4.06. The van der Waals surface area contributed by atoms with Gasteiger partial charge >= 0.3 is 5.97 Å². The van der Waals surface area contributed by atoms with Gasteiger partial charge in [-0.3, -0.25) is 0 Å². The first-order valence-electron chi connectivity index (χ1n) is 4.65. The van der Waals surface area contributed by atoms with Gasteiger partial charge in [-0.25, -0.2) is 4.79 Å². The molecule has 0 fully saturated rings. The van der Waals surface area contributed by atoms with Crippen LogP contribution >= 0.6 is 0 Å². The molecule has 0 bridgehead atoms. The molecule has 1 N–H and O–H groups in total. The largest absolute Gasteiger partial charge is 0.459 e. The third-order valence-corrected chi connectivity index (χ3v) is 1.80. The van der Waals surface area contributed by atoms with E-state index in [2.05, 4.69) is 6.58 Å². The van der Waals surface area contributed by atoms with Crippen LogP contribution < -0.4 is 0 Å². The SMILES string of the molecule is C=C(C)COC(=O)C(O)c1ccccc1. The Balaban J connectivity index is 2.57. The summed E-state index contributed by atoms with van der Waals surface area (Å²) in [6.07, 6.45) is -1.22. The van der Waals surface area contributed by atoms with Gasteiger partial charge in [0.2, 0.25) is 0 Å². The predicted molar refractivity (Wildman–Crippen MR) is 57.2 cm³/mol. The third-order valence-electron chi connectivity index (χ3n) is 1.80. The van der Waals surface area contributed by atoms with E-state index < -0.39 is 12.1 Å². The highest BCUT2D eigenvalue weighted by atomic mass is 16.5. The smallest absolute Gasteiger partial charge is 0.339 e. The molecule has 0 aromatic heterocycles. The molecule has 0 saturated heterocycles. The van der Waals surface area contributed by atoms with Crippen LogP contribution in [-0.2, 0) is 9.53 Å². The van der Waals surface area contributed by atoms with Crippen molar-refractivity contribution in [1.82, 2.24) is 0 Å². The first-order valence-corrected chi connectivity index (χ1v) is 4.65. The van der Waals surface area contributed by atoms with Crippen LogP contribution in [0.3, 0.4) is 0 Å². The normalized spacial score (nSPS) is 11.9. The van der Waals surface area contributed by atoms with Crippen LogP contribution in [0.15, 0.2) is 42.5 Å². The molecule has 0 aliphatic rings. The summed E-state index contributed by atoms with van der Waals surface area (Å²) in [6.45, 7) is 5.49. The minimum Gasteiger partial charge on any atom is -0.459 e. The molecular formula is C12H14O3. The second kappa shape index (κ2) is 5.32. The Bertz CT molecular complexity index is 343. The number of benzene rings is 1. The number of hydrogen-bond donors (Lipinski definition) is 1. The third kappa shape index (κ3) is 3.56. The van der Waals surface area contributed by atoms with E-state index in [0.29, 0.717) is 5.56 Å². The quantitative estimate of drug-likeness (QED) is 0.604. The number of aliphatic hydroxyl groups is 1. The molecule has 0 heterocycles. The standard InChI is InChI=1S/C12H14O3/c1-9(2)8-15-12(14)11(13)10-6-4-3-5-7-10/h3-7,11,13H,1,8H2,2H3. The molecule has 0 aliphatic heterocycles. The van der Waals surface area contributed by atoms with Crippen LogP contribution in [-0.4, -0.2) is 17.7 Å². The van der Waals surface area contributed by atoms with Crippen LogP contribution in [0, 0.1) is 0 Å². The summed E-state index contributed by atoms with van der Waals surface area (Å²) in [7, 11) is 0. The second-order valence-electron chi connectivity index (χ2n) is 3.38. The van der Waals surface area contributed by atoms with Gasteiger partial charge in [-0.15, -0.1) is 0 Å². The molecular weight excluding hydrogens is 192 g/mol. The lowest BCUT2D eigenvalue weighted by atomic mass is 10.1. The maximum absolute atomic E-state index is 11.3. The van der Waals surface area contributed by atoms with Crippen molar-refractivity contribution in [1.29, 1.82) is 0 Å². The van der Waals surface area contributed by atoms with Gasteiger partial charge in [-0.1, -0.05) is 36.9 Å². The maximum Gasteiger partial charge on any atom is 0.339 e. The molecule has 80 valence electrons. The van der Waals surface area contributed by atoms with E-state index in [1.165, 1.54) is 0 Å². The van der Waals surface area contributed by atoms with Gasteiger partial charge in [0.1, 0.15) is 6.61 Å². The number of hydrogen-bond acceptors (Lipinski definition) is 3. The van der Waals surface area contributed by atoms with Gasteiger partial charge in [-0.2, -0.15) is 0 Å². The molecule has 0 spiro atoms. The molecule has 3 nitrogen and oxygen atoms in total. The minimum atomic E-state index is -1.22. The van der Waals surface area contributed by atoms with Crippen LogP contribution in [0.25, 0.3) is 0 Å². The van der Waals surface area contributed by atoms with Crippen molar-refractivity contribution in [3.05, 3.63) is 48.0 Å². The predicted octanol–water partition coefficient (Wildman–Crippen LogP) is 1.84. The lowest BCUT2D eigenvalue weighted by Gasteiger charge is -2.10. The van der Waals surface area contributed by atoms with Crippen LogP contribution in [0.5, 0.6) is 0 Å². The summed E-state index contributed by atoms with van der Waals surface area (Å²) in [6, 6.07) is 8.67. The minimum absolute atomic E-state index is 0.142. The number of carbonyl (C=O) groups excluding carboxylic acids is 1. The maximum atomic E-state index is 11.3. The van der Waals surface area contributed by atoms with E-state index in [9.17, 15) is 9.90 Å². The molecule has 1 unspecified atom stereocenters.